The Labute approximate surface area is 157 Å². The Hall–Kier alpha value is -1.47. The number of hydrogen-bond donors (Lipinski definition) is 2. The fourth-order valence-corrected chi connectivity index (χ4v) is 3.01. The summed E-state index contributed by atoms with van der Waals surface area (Å²) in [6.07, 6.45) is 0.847. The van der Waals surface area contributed by atoms with Crippen LogP contribution in [0.2, 0.25) is 0 Å². The van der Waals surface area contributed by atoms with Crippen molar-refractivity contribution < 1.29 is 14.6 Å². The highest BCUT2D eigenvalue weighted by Crippen LogP contribution is 2.13. The van der Waals surface area contributed by atoms with Gasteiger partial charge in [-0.25, -0.2) is 0 Å². The third-order valence-corrected chi connectivity index (χ3v) is 4.65. The van der Waals surface area contributed by atoms with E-state index >= 15 is 0 Å². The molecule has 0 unspecified atom stereocenters. The summed E-state index contributed by atoms with van der Waals surface area (Å²) in [7, 11) is 3.94. The smallest absolute Gasteiger partial charge is 0.222 e. The topological polar surface area (TPSA) is 65.0 Å². The molecule has 0 bridgehead atoms. The first-order valence-corrected chi connectivity index (χ1v) is 9.36. The van der Waals surface area contributed by atoms with Gasteiger partial charge in [-0.3, -0.25) is 9.69 Å². The van der Waals surface area contributed by atoms with E-state index in [0.29, 0.717) is 19.4 Å². The Balaban J connectivity index is 1.72. The molecule has 1 heterocycles. The molecule has 26 heavy (non-hydrogen) atoms. The van der Waals surface area contributed by atoms with E-state index in [2.05, 4.69) is 22.3 Å². The highest BCUT2D eigenvalue weighted by molar-refractivity contribution is 5.76. The van der Waals surface area contributed by atoms with E-state index in [1.807, 2.05) is 37.2 Å². The number of ether oxygens (including phenoxy) is 1. The maximum Gasteiger partial charge on any atom is 0.222 e. The van der Waals surface area contributed by atoms with Crippen LogP contribution in [0.15, 0.2) is 30.3 Å². The van der Waals surface area contributed by atoms with Gasteiger partial charge in [0, 0.05) is 32.7 Å². The van der Waals surface area contributed by atoms with Gasteiger partial charge in [0.15, 0.2) is 0 Å². The van der Waals surface area contributed by atoms with Crippen molar-refractivity contribution in [1.82, 2.24) is 15.1 Å². The minimum Gasteiger partial charge on any atom is -0.388 e. The number of rotatable bonds is 9. The lowest BCUT2D eigenvalue weighted by Gasteiger charge is -2.33. The summed E-state index contributed by atoms with van der Waals surface area (Å²) in [4.78, 5) is 16.6. The summed E-state index contributed by atoms with van der Waals surface area (Å²) in [5.74, 6) is -0.0679. The predicted octanol–water partition coefficient (Wildman–Crippen LogP) is 1.10. The zero-order chi connectivity index (χ0) is 19.0. The molecule has 146 valence electrons. The Morgan fingerprint density at radius 3 is 2.81 bits per heavy atom. The van der Waals surface area contributed by atoms with E-state index in [1.165, 1.54) is 5.56 Å². The highest BCUT2D eigenvalue weighted by atomic mass is 16.5. The normalized spacial score (nSPS) is 20.7. The Kier molecular flexibility index (Phi) is 8.03. The fourth-order valence-electron chi connectivity index (χ4n) is 3.01. The van der Waals surface area contributed by atoms with E-state index in [4.69, 9.17) is 4.74 Å². The van der Waals surface area contributed by atoms with Crippen LogP contribution in [0.1, 0.15) is 25.3 Å². The van der Waals surface area contributed by atoms with Gasteiger partial charge >= 0.3 is 0 Å². The Bertz CT molecular complexity index is 548. The molecule has 1 fully saturated rings. The Morgan fingerprint density at radius 2 is 2.12 bits per heavy atom. The number of aliphatic hydroxyl groups is 1. The number of carbonyl (C=O) groups excluding carboxylic acids is 1. The van der Waals surface area contributed by atoms with Crippen LogP contribution in [-0.2, 0) is 16.1 Å². The van der Waals surface area contributed by atoms with Crippen LogP contribution >= 0.6 is 0 Å². The van der Waals surface area contributed by atoms with E-state index in [-0.39, 0.29) is 18.6 Å². The molecule has 1 aliphatic heterocycles. The first-order valence-electron chi connectivity index (χ1n) is 9.36. The van der Waals surface area contributed by atoms with Gasteiger partial charge in [-0.2, -0.15) is 0 Å². The van der Waals surface area contributed by atoms with Gasteiger partial charge in [-0.15, -0.1) is 0 Å². The molecule has 0 aliphatic carbocycles. The summed E-state index contributed by atoms with van der Waals surface area (Å²) in [6.45, 7) is 5.96. The summed E-state index contributed by atoms with van der Waals surface area (Å²) in [5, 5.41) is 13.2. The number of benzene rings is 1. The maximum atomic E-state index is 12.2. The molecule has 0 radical (unpaired) electrons. The molecule has 0 spiro atoms. The summed E-state index contributed by atoms with van der Waals surface area (Å²) in [6, 6.07) is 10.3. The number of nitrogens with zero attached hydrogens (tertiary/aromatic N) is 2. The van der Waals surface area contributed by atoms with Crippen molar-refractivity contribution in [2.24, 2.45) is 0 Å². The fraction of sp³-hybridized carbons (Fsp3) is 0.650. The zero-order valence-corrected chi connectivity index (χ0v) is 16.3. The minimum atomic E-state index is -0.896. The summed E-state index contributed by atoms with van der Waals surface area (Å²) in [5.41, 5.74) is 0.377. The van der Waals surface area contributed by atoms with Gasteiger partial charge < -0.3 is 20.1 Å². The second-order valence-corrected chi connectivity index (χ2v) is 7.74. The first kappa shape index (κ1) is 20.8. The van der Waals surface area contributed by atoms with Crippen molar-refractivity contribution in [3.05, 3.63) is 35.9 Å². The van der Waals surface area contributed by atoms with Crippen LogP contribution in [0.3, 0.4) is 0 Å². The number of morpholine rings is 1. The molecule has 2 atom stereocenters. The van der Waals surface area contributed by atoms with Crippen LogP contribution in [0, 0.1) is 0 Å². The van der Waals surface area contributed by atoms with Crippen molar-refractivity contribution in [3.8, 4) is 0 Å². The van der Waals surface area contributed by atoms with Gasteiger partial charge in [0.25, 0.3) is 0 Å². The van der Waals surface area contributed by atoms with E-state index in [1.54, 1.807) is 6.92 Å². The van der Waals surface area contributed by atoms with E-state index < -0.39 is 5.60 Å². The zero-order valence-electron chi connectivity index (χ0n) is 16.3. The van der Waals surface area contributed by atoms with Crippen LogP contribution in [-0.4, -0.2) is 79.4 Å². The third-order valence-electron chi connectivity index (χ3n) is 4.65. The van der Waals surface area contributed by atoms with Crippen molar-refractivity contribution in [2.75, 3.05) is 46.9 Å². The first-order chi connectivity index (χ1) is 12.3. The largest absolute Gasteiger partial charge is 0.388 e. The molecule has 1 aliphatic rings. The molecule has 1 aromatic carbocycles. The standard InChI is InChI=1S/C20H33N3O3/c1-20(25,9-10-22(2)3)16-21-19(24)13-18-15-23(11-12-26-18)14-17-7-5-4-6-8-17/h4-8,18,25H,9-16H2,1-3H3,(H,21,24)/t18-,20-/m1/s1. The van der Waals surface area contributed by atoms with Crippen LogP contribution in [0.5, 0.6) is 0 Å². The van der Waals surface area contributed by atoms with Crippen molar-refractivity contribution in [1.29, 1.82) is 0 Å². The summed E-state index contributed by atoms with van der Waals surface area (Å²) >= 11 is 0. The molecule has 6 heteroatoms. The van der Waals surface area contributed by atoms with Crippen LogP contribution in [0.25, 0.3) is 0 Å². The second-order valence-electron chi connectivity index (χ2n) is 7.74. The minimum absolute atomic E-state index is 0.0679. The van der Waals surface area contributed by atoms with Crippen molar-refractivity contribution in [3.63, 3.8) is 0 Å². The number of carbonyl (C=O) groups is 1. The van der Waals surface area contributed by atoms with Gasteiger partial charge in [0.05, 0.1) is 24.7 Å². The van der Waals surface area contributed by atoms with Crippen molar-refractivity contribution in [2.45, 2.75) is 38.0 Å². The Morgan fingerprint density at radius 1 is 1.38 bits per heavy atom. The quantitative estimate of drug-likeness (QED) is 0.688. The molecule has 1 saturated heterocycles. The van der Waals surface area contributed by atoms with Crippen LogP contribution in [0.4, 0.5) is 0 Å². The lowest BCUT2D eigenvalue weighted by atomic mass is 10.0. The monoisotopic (exact) mass is 363 g/mol. The van der Waals surface area contributed by atoms with E-state index in [9.17, 15) is 9.90 Å². The highest BCUT2D eigenvalue weighted by Gasteiger charge is 2.25. The molecule has 0 saturated carbocycles. The van der Waals surface area contributed by atoms with Crippen LogP contribution < -0.4 is 5.32 Å². The predicted molar refractivity (Wildman–Crippen MR) is 103 cm³/mol. The average Bonchev–Trinajstić information content (AvgIpc) is 2.60. The van der Waals surface area contributed by atoms with Gasteiger partial charge in [-0.1, -0.05) is 30.3 Å². The molecular weight excluding hydrogens is 330 g/mol. The van der Waals surface area contributed by atoms with Gasteiger partial charge in [0.2, 0.25) is 5.91 Å². The average molecular weight is 364 g/mol. The molecule has 1 aromatic rings. The van der Waals surface area contributed by atoms with Gasteiger partial charge in [0.1, 0.15) is 0 Å². The summed E-state index contributed by atoms with van der Waals surface area (Å²) < 4.78 is 5.76. The number of nitrogens with one attached hydrogen (secondary N) is 1. The molecular formula is C20H33N3O3. The molecule has 6 nitrogen and oxygen atoms in total. The third kappa shape index (κ3) is 7.83. The lowest BCUT2D eigenvalue weighted by Crippen LogP contribution is -2.46. The lowest BCUT2D eigenvalue weighted by molar-refractivity contribution is -0.127. The van der Waals surface area contributed by atoms with Gasteiger partial charge in [-0.05, 0) is 33.0 Å². The second kappa shape index (κ2) is 10.0. The maximum absolute atomic E-state index is 12.2. The molecule has 2 rings (SSSR count). The molecule has 2 N–H and O–H groups in total. The van der Waals surface area contributed by atoms with E-state index in [0.717, 1.165) is 26.2 Å². The SMILES string of the molecule is CN(C)CC[C@@](C)(O)CNC(=O)C[C@@H]1CN(Cc2ccccc2)CCO1. The van der Waals surface area contributed by atoms with Crippen molar-refractivity contribution >= 4 is 5.91 Å². The number of amides is 1. The number of hydrogen-bond acceptors (Lipinski definition) is 5. The molecule has 1 amide bonds. The molecule has 0 aromatic heterocycles.